The van der Waals surface area contributed by atoms with Crippen LogP contribution in [-0.2, 0) is 16.1 Å². The molecule has 18 heavy (non-hydrogen) atoms. The number of nitrogens with two attached hydrogens (primary N) is 1. The molecule has 100 valence electrons. The van der Waals surface area contributed by atoms with Crippen LogP contribution in [0.15, 0.2) is 18.2 Å². The Morgan fingerprint density at radius 2 is 2.00 bits per heavy atom. The van der Waals surface area contributed by atoms with E-state index in [0.717, 1.165) is 12.8 Å². The summed E-state index contributed by atoms with van der Waals surface area (Å²) in [5, 5.41) is 0. The number of halogens is 1. The van der Waals surface area contributed by atoms with Gasteiger partial charge in [-0.05, 0) is 32.8 Å². The standard InChI is InChI=1S/C14H20FNO2/c1-9-6-12(7-10(2)18-9)17-8-11-4-3-5-13(16)14(11)15/h3-5,9-10,12H,6-8,16H2,1-2H3. The molecule has 0 saturated carbocycles. The largest absolute Gasteiger partial charge is 0.396 e. The Hall–Kier alpha value is -1.13. The molecule has 3 nitrogen and oxygen atoms in total. The molecule has 0 amide bonds. The van der Waals surface area contributed by atoms with Gasteiger partial charge < -0.3 is 15.2 Å². The minimum absolute atomic E-state index is 0.129. The lowest BCUT2D eigenvalue weighted by Crippen LogP contribution is -2.34. The normalized spacial score (nSPS) is 28.3. The van der Waals surface area contributed by atoms with E-state index in [4.69, 9.17) is 15.2 Å². The minimum Gasteiger partial charge on any atom is -0.396 e. The van der Waals surface area contributed by atoms with Crippen LogP contribution >= 0.6 is 0 Å². The molecule has 2 rings (SSSR count). The molecule has 0 bridgehead atoms. The predicted octanol–water partition coefficient (Wildman–Crippen LogP) is 2.88. The summed E-state index contributed by atoms with van der Waals surface area (Å²) in [6, 6.07) is 5.00. The van der Waals surface area contributed by atoms with Crippen LogP contribution in [-0.4, -0.2) is 18.3 Å². The highest BCUT2D eigenvalue weighted by molar-refractivity contribution is 5.42. The van der Waals surface area contributed by atoms with Crippen molar-refractivity contribution in [2.24, 2.45) is 0 Å². The van der Waals surface area contributed by atoms with Crippen molar-refractivity contribution in [3.05, 3.63) is 29.6 Å². The van der Waals surface area contributed by atoms with Gasteiger partial charge in [-0.1, -0.05) is 12.1 Å². The van der Waals surface area contributed by atoms with Gasteiger partial charge in [0.1, 0.15) is 0 Å². The Balaban J connectivity index is 1.93. The molecule has 1 aromatic rings. The molecule has 0 aromatic heterocycles. The molecule has 4 heteroatoms. The number of hydrogen-bond acceptors (Lipinski definition) is 3. The van der Waals surface area contributed by atoms with Gasteiger partial charge in [-0.3, -0.25) is 0 Å². The van der Waals surface area contributed by atoms with Crippen LogP contribution in [0.4, 0.5) is 10.1 Å². The number of anilines is 1. The van der Waals surface area contributed by atoms with E-state index in [1.165, 1.54) is 0 Å². The molecule has 1 heterocycles. The molecule has 0 spiro atoms. The van der Waals surface area contributed by atoms with E-state index < -0.39 is 0 Å². The molecule has 2 atom stereocenters. The Bertz CT molecular complexity index is 401. The van der Waals surface area contributed by atoms with Crippen LogP contribution in [0.5, 0.6) is 0 Å². The van der Waals surface area contributed by atoms with Gasteiger partial charge in [0, 0.05) is 5.56 Å². The zero-order valence-corrected chi connectivity index (χ0v) is 10.9. The second-order valence-electron chi connectivity index (χ2n) is 4.98. The van der Waals surface area contributed by atoms with Gasteiger partial charge in [-0.2, -0.15) is 0 Å². The van der Waals surface area contributed by atoms with Crippen LogP contribution in [0, 0.1) is 5.82 Å². The number of benzene rings is 1. The maximum atomic E-state index is 13.7. The van der Waals surface area contributed by atoms with Crippen molar-refractivity contribution in [2.45, 2.75) is 51.6 Å². The lowest BCUT2D eigenvalue weighted by Gasteiger charge is -2.32. The first-order chi connectivity index (χ1) is 8.56. The summed E-state index contributed by atoms with van der Waals surface area (Å²) in [7, 11) is 0. The lowest BCUT2D eigenvalue weighted by atomic mass is 10.0. The Morgan fingerprint density at radius 1 is 1.33 bits per heavy atom. The summed E-state index contributed by atoms with van der Waals surface area (Å²) in [4.78, 5) is 0. The Kier molecular flexibility index (Phi) is 4.19. The molecule has 1 aliphatic rings. The summed E-state index contributed by atoms with van der Waals surface area (Å²) in [6.45, 7) is 4.33. The van der Waals surface area contributed by atoms with Gasteiger partial charge in [0.05, 0.1) is 30.6 Å². The van der Waals surface area contributed by atoms with Crippen LogP contribution in [0.1, 0.15) is 32.3 Å². The minimum atomic E-state index is -0.370. The quantitative estimate of drug-likeness (QED) is 0.842. The van der Waals surface area contributed by atoms with Gasteiger partial charge >= 0.3 is 0 Å². The summed E-state index contributed by atoms with van der Waals surface area (Å²) >= 11 is 0. The number of ether oxygens (including phenoxy) is 2. The zero-order valence-electron chi connectivity index (χ0n) is 10.9. The van der Waals surface area contributed by atoms with E-state index in [-0.39, 0.29) is 36.4 Å². The molecule has 1 saturated heterocycles. The third kappa shape index (κ3) is 3.21. The highest BCUT2D eigenvalue weighted by Gasteiger charge is 2.25. The first-order valence-corrected chi connectivity index (χ1v) is 6.36. The molecule has 1 fully saturated rings. The summed E-state index contributed by atoms with van der Waals surface area (Å²) in [6.07, 6.45) is 2.24. The summed E-state index contributed by atoms with van der Waals surface area (Å²) in [5.74, 6) is -0.370. The van der Waals surface area contributed by atoms with E-state index >= 15 is 0 Å². The molecule has 2 unspecified atom stereocenters. The fraction of sp³-hybridized carbons (Fsp3) is 0.571. The third-order valence-electron chi connectivity index (χ3n) is 3.24. The molecule has 1 aromatic carbocycles. The van der Waals surface area contributed by atoms with Crippen LogP contribution < -0.4 is 5.73 Å². The SMILES string of the molecule is CC1CC(OCc2cccc(N)c2F)CC(C)O1. The fourth-order valence-corrected chi connectivity index (χ4v) is 2.40. The third-order valence-corrected chi connectivity index (χ3v) is 3.24. The fourth-order valence-electron chi connectivity index (χ4n) is 2.40. The van der Waals surface area contributed by atoms with E-state index in [0.29, 0.717) is 5.56 Å². The van der Waals surface area contributed by atoms with Crippen molar-refractivity contribution in [2.75, 3.05) is 5.73 Å². The van der Waals surface area contributed by atoms with Crippen molar-refractivity contribution >= 4 is 5.69 Å². The summed E-state index contributed by atoms with van der Waals surface area (Å²) in [5.41, 5.74) is 6.21. The first kappa shape index (κ1) is 13.3. The van der Waals surface area contributed by atoms with E-state index in [2.05, 4.69) is 0 Å². The van der Waals surface area contributed by atoms with E-state index in [9.17, 15) is 4.39 Å². The van der Waals surface area contributed by atoms with E-state index in [1.807, 2.05) is 13.8 Å². The molecule has 1 aliphatic heterocycles. The second-order valence-corrected chi connectivity index (χ2v) is 4.98. The van der Waals surface area contributed by atoms with Gasteiger partial charge in [0.25, 0.3) is 0 Å². The van der Waals surface area contributed by atoms with Crippen LogP contribution in [0.3, 0.4) is 0 Å². The zero-order chi connectivity index (χ0) is 13.1. The van der Waals surface area contributed by atoms with Crippen molar-refractivity contribution in [1.29, 1.82) is 0 Å². The van der Waals surface area contributed by atoms with Crippen LogP contribution in [0.2, 0.25) is 0 Å². The number of rotatable bonds is 3. The highest BCUT2D eigenvalue weighted by atomic mass is 19.1. The highest BCUT2D eigenvalue weighted by Crippen LogP contribution is 2.23. The maximum absolute atomic E-state index is 13.7. The first-order valence-electron chi connectivity index (χ1n) is 6.36. The molecular formula is C14H20FNO2. The second kappa shape index (κ2) is 5.67. The molecular weight excluding hydrogens is 233 g/mol. The number of nitrogen functional groups attached to an aromatic ring is 1. The monoisotopic (exact) mass is 253 g/mol. The molecule has 0 radical (unpaired) electrons. The Morgan fingerprint density at radius 3 is 2.67 bits per heavy atom. The predicted molar refractivity (Wildman–Crippen MR) is 68.6 cm³/mol. The molecule has 0 aliphatic carbocycles. The average Bonchev–Trinajstić information content (AvgIpc) is 2.30. The van der Waals surface area contributed by atoms with Crippen molar-refractivity contribution in [1.82, 2.24) is 0 Å². The number of hydrogen-bond donors (Lipinski definition) is 1. The van der Waals surface area contributed by atoms with Crippen molar-refractivity contribution in [3.8, 4) is 0 Å². The lowest BCUT2D eigenvalue weighted by molar-refractivity contribution is -0.106. The topological polar surface area (TPSA) is 44.5 Å². The van der Waals surface area contributed by atoms with Crippen molar-refractivity contribution in [3.63, 3.8) is 0 Å². The maximum Gasteiger partial charge on any atom is 0.151 e. The summed E-state index contributed by atoms with van der Waals surface area (Å²) < 4.78 is 25.1. The van der Waals surface area contributed by atoms with Gasteiger partial charge in [-0.25, -0.2) is 4.39 Å². The van der Waals surface area contributed by atoms with Crippen molar-refractivity contribution < 1.29 is 13.9 Å². The van der Waals surface area contributed by atoms with Gasteiger partial charge in [0.2, 0.25) is 0 Å². The average molecular weight is 253 g/mol. The smallest absolute Gasteiger partial charge is 0.151 e. The van der Waals surface area contributed by atoms with Crippen LogP contribution in [0.25, 0.3) is 0 Å². The van der Waals surface area contributed by atoms with Gasteiger partial charge in [0.15, 0.2) is 5.82 Å². The van der Waals surface area contributed by atoms with Gasteiger partial charge in [-0.15, -0.1) is 0 Å². The Labute approximate surface area is 107 Å². The molecule has 2 N–H and O–H groups in total. The van der Waals surface area contributed by atoms with E-state index in [1.54, 1.807) is 18.2 Å².